The number of thiazole rings is 1. The van der Waals surface area contributed by atoms with E-state index in [4.69, 9.17) is 0 Å². The number of hydrogen-bond donors (Lipinski definition) is 1. The van der Waals surface area contributed by atoms with Crippen molar-refractivity contribution in [2.75, 3.05) is 6.54 Å². The SMILES string of the molecule is CCCNCc1cnc(-c2ccccc2[N+](=O)[O-])s1. The Morgan fingerprint density at radius 1 is 1.42 bits per heavy atom. The summed E-state index contributed by atoms with van der Waals surface area (Å²) in [6.07, 6.45) is 2.86. The van der Waals surface area contributed by atoms with Gasteiger partial charge >= 0.3 is 0 Å². The van der Waals surface area contributed by atoms with E-state index in [0.717, 1.165) is 24.4 Å². The molecule has 1 heterocycles. The molecule has 0 aliphatic heterocycles. The van der Waals surface area contributed by atoms with Crippen molar-refractivity contribution in [3.05, 3.63) is 45.5 Å². The van der Waals surface area contributed by atoms with Crippen molar-refractivity contribution < 1.29 is 4.92 Å². The number of para-hydroxylation sites is 1. The molecule has 19 heavy (non-hydrogen) atoms. The fourth-order valence-corrected chi connectivity index (χ4v) is 2.63. The Kier molecular flexibility index (Phi) is 4.59. The van der Waals surface area contributed by atoms with Crippen molar-refractivity contribution >= 4 is 17.0 Å². The summed E-state index contributed by atoms with van der Waals surface area (Å²) in [5, 5.41) is 15.0. The van der Waals surface area contributed by atoms with Crippen LogP contribution < -0.4 is 5.32 Å². The first kappa shape index (κ1) is 13.6. The zero-order valence-corrected chi connectivity index (χ0v) is 11.4. The molecule has 0 spiro atoms. The average molecular weight is 277 g/mol. The molecule has 0 aliphatic carbocycles. The standard InChI is InChI=1S/C13H15N3O2S/c1-2-7-14-8-10-9-15-13(19-10)11-5-3-4-6-12(11)16(17)18/h3-6,9,14H,2,7-8H2,1H3. The van der Waals surface area contributed by atoms with Gasteiger partial charge in [-0.05, 0) is 19.0 Å². The van der Waals surface area contributed by atoms with E-state index < -0.39 is 0 Å². The topological polar surface area (TPSA) is 68.1 Å². The molecule has 0 unspecified atom stereocenters. The smallest absolute Gasteiger partial charge is 0.279 e. The third kappa shape index (κ3) is 3.36. The molecule has 0 radical (unpaired) electrons. The monoisotopic (exact) mass is 277 g/mol. The number of benzene rings is 1. The Hall–Kier alpha value is -1.79. The summed E-state index contributed by atoms with van der Waals surface area (Å²) >= 11 is 1.49. The van der Waals surface area contributed by atoms with Gasteiger partial charge in [-0.1, -0.05) is 19.1 Å². The molecule has 2 aromatic rings. The van der Waals surface area contributed by atoms with E-state index >= 15 is 0 Å². The van der Waals surface area contributed by atoms with Crippen molar-refractivity contribution in [1.82, 2.24) is 10.3 Å². The Morgan fingerprint density at radius 3 is 2.95 bits per heavy atom. The minimum absolute atomic E-state index is 0.102. The number of nitro groups is 1. The van der Waals surface area contributed by atoms with Gasteiger partial charge in [0.05, 0.1) is 10.5 Å². The molecule has 1 N–H and O–H groups in total. The molecule has 0 atom stereocenters. The van der Waals surface area contributed by atoms with Gasteiger partial charge in [0.15, 0.2) is 0 Å². The molecule has 2 rings (SSSR count). The van der Waals surface area contributed by atoms with E-state index in [1.54, 1.807) is 24.4 Å². The van der Waals surface area contributed by atoms with Crippen molar-refractivity contribution in [3.8, 4) is 10.6 Å². The third-order valence-electron chi connectivity index (χ3n) is 2.61. The maximum atomic E-state index is 11.0. The Bertz CT molecular complexity index is 569. The second-order valence-electron chi connectivity index (χ2n) is 4.08. The van der Waals surface area contributed by atoms with E-state index in [-0.39, 0.29) is 10.6 Å². The van der Waals surface area contributed by atoms with Gasteiger partial charge in [-0.25, -0.2) is 4.98 Å². The molecule has 0 saturated heterocycles. The van der Waals surface area contributed by atoms with E-state index in [1.807, 2.05) is 0 Å². The van der Waals surface area contributed by atoms with Gasteiger partial charge in [0.1, 0.15) is 5.01 Å². The fraction of sp³-hybridized carbons (Fsp3) is 0.308. The Morgan fingerprint density at radius 2 is 2.21 bits per heavy atom. The lowest BCUT2D eigenvalue weighted by atomic mass is 10.2. The summed E-state index contributed by atoms with van der Waals surface area (Å²) in [6.45, 7) is 3.82. The number of hydrogen-bond acceptors (Lipinski definition) is 5. The summed E-state index contributed by atoms with van der Waals surface area (Å²) in [7, 11) is 0. The van der Waals surface area contributed by atoms with Gasteiger partial charge < -0.3 is 5.32 Å². The molecular formula is C13H15N3O2S. The molecule has 1 aromatic carbocycles. The molecule has 5 nitrogen and oxygen atoms in total. The molecule has 0 fully saturated rings. The fourth-order valence-electron chi connectivity index (χ4n) is 1.72. The number of nitrogens with one attached hydrogen (secondary N) is 1. The minimum atomic E-state index is -0.369. The Labute approximate surface area is 115 Å². The first-order chi connectivity index (χ1) is 9.22. The van der Waals surface area contributed by atoms with E-state index in [2.05, 4.69) is 17.2 Å². The normalized spacial score (nSPS) is 10.6. The Balaban J connectivity index is 2.21. The highest BCUT2D eigenvalue weighted by atomic mass is 32.1. The lowest BCUT2D eigenvalue weighted by molar-refractivity contribution is -0.384. The average Bonchev–Trinajstić information content (AvgIpc) is 2.88. The number of nitro benzene ring substituents is 1. The van der Waals surface area contributed by atoms with Crippen LogP contribution in [-0.2, 0) is 6.54 Å². The molecule has 0 bridgehead atoms. The van der Waals surface area contributed by atoms with Crippen LogP contribution in [0.2, 0.25) is 0 Å². The van der Waals surface area contributed by atoms with E-state index in [0.29, 0.717) is 10.6 Å². The van der Waals surface area contributed by atoms with Crippen LogP contribution in [0.3, 0.4) is 0 Å². The van der Waals surface area contributed by atoms with E-state index in [1.165, 1.54) is 17.4 Å². The lowest BCUT2D eigenvalue weighted by Gasteiger charge is -1.99. The molecule has 100 valence electrons. The van der Waals surface area contributed by atoms with Crippen LogP contribution in [0.5, 0.6) is 0 Å². The van der Waals surface area contributed by atoms with Crippen LogP contribution in [0, 0.1) is 10.1 Å². The van der Waals surface area contributed by atoms with Crippen LogP contribution in [0.4, 0.5) is 5.69 Å². The van der Waals surface area contributed by atoms with Crippen LogP contribution in [0.1, 0.15) is 18.2 Å². The van der Waals surface area contributed by atoms with E-state index in [9.17, 15) is 10.1 Å². The van der Waals surface area contributed by atoms with Gasteiger partial charge in [-0.15, -0.1) is 11.3 Å². The highest BCUT2D eigenvalue weighted by molar-refractivity contribution is 7.15. The summed E-state index contributed by atoms with van der Waals surface area (Å²) in [6, 6.07) is 6.70. The zero-order valence-electron chi connectivity index (χ0n) is 10.6. The predicted molar refractivity (Wildman–Crippen MR) is 76.2 cm³/mol. The molecule has 0 amide bonds. The van der Waals surface area contributed by atoms with Gasteiger partial charge in [-0.3, -0.25) is 10.1 Å². The third-order valence-corrected chi connectivity index (χ3v) is 3.64. The van der Waals surface area contributed by atoms with Crippen molar-refractivity contribution in [3.63, 3.8) is 0 Å². The lowest BCUT2D eigenvalue weighted by Crippen LogP contribution is -2.12. The molecule has 1 aromatic heterocycles. The first-order valence-corrected chi connectivity index (χ1v) is 6.93. The quantitative estimate of drug-likeness (QED) is 0.500. The summed E-state index contributed by atoms with van der Waals surface area (Å²) in [4.78, 5) is 16.0. The number of aromatic nitrogens is 1. The van der Waals surface area contributed by atoms with Crippen LogP contribution in [0.15, 0.2) is 30.5 Å². The highest BCUT2D eigenvalue weighted by Gasteiger charge is 2.16. The largest absolute Gasteiger partial charge is 0.312 e. The number of rotatable bonds is 6. The molecule has 0 aliphatic rings. The summed E-state index contributed by atoms with van der Waals surface area (Å²) in [5.74, 6) is 0. The van der Waals surface area contributed by atoms with Crippen molar-refractivity contribution in [1.29, 1.82) is 0 Å². The van der Waals surface area contributed by atoms with Crippen molar-refractivity contribution in [2.45, 2.75) is 19.9 Å². The highest BCUT2D eigenvalue weighted by Crippen LogP contribution is 2.32. The second kappa shape index (κ2) is 6.40. The van der Waals surface area contributed by atoms with Gasteiger partial charge in [-0.2, -0.15) is 0 Å². The minimum Gasteiger partial charge on any atom is -0.312 e. The van der Waals surface area contributed by atoms with Gasteiger partial charge in [0, 0.05) is 23.7 Å². The second-order valence-corrected chi connectivity index (χ2v) is 5.20. The zero-order chi connectivity index (χ0) is 13.7. The molecule has 0 saturated carbocycles. The first-order valence-electron chi connectivity index (χ1n) is 6.11. The van der Waals surface area contributed by atoms with Crippen molar-refractivity contribution in [2.24, 2.45) is 0 Å². The van der Waals surface area contributed by atoms with Crippen LogP contribution in [-0.4, -0.2) is 16.5 Å². The summed E-state index contributed by atoms with van der Waals surface area (Å²) < 4.78 is 0. The maximum Gasteiger partial charge on any atom is 0.279 e. The van der Waals surface area contributed by atoms with Gasteiger partial charge in [0.25, 0.3) is 5.69 Å². The van der Waals surface area contributed by atoms with Crippen LogP contribution >= 0.6 is 11.3 Å². The van der Waals surface area contributed by atoms with Gasteiger partial charge in [0.2, 0.25) is 0 Å². The van der Waals surface area contributed by atoms with Crippen LogP contribution in [0.25, 0.3) is 10.6 Å². The maximum absolute atomic E-state index is 11.0. The summed E-state index contributed by atoms with van der Waals surface area (Å²) in [5.41, 5.74) is 0.684. The molecular weight excluding hydrogens is 262 g/mol. The predicted octanol–water partition coefficient (Wildman–Crippen LogP) is 3.22. The number of nitrogens with zero attached hydrogens (tertiary/aromatic N) is 2. The molecule has 6 heteroatoms.